The Hall–Kier alpha value is -2.84. The monoisotopic (exact) mass is 506 g/mol. The van der Waals surface area contributed by atoms with Crippen LogP contribution in [0, 0.1) is 11.3 Å². The Bertz CT molecular complexity index is 1320. The summed E-state index contributed by atoms with van der Waals surface area (Å²) in [5, 5.41) is 0.943. The summed E-state index contributed by atoms with van der Waals surface area (Å²) in [5.74, 6) is 2.29. The lowest BCUT2D eigenvalue weighted by atomic mass is 9.71. The number of amides is 1. The molecule has 36 heavy (non-hydrogen) atoms. The van der Waals surface area contributed by atoms with Gasteiger partial charge in [-0.25, -0.2) is 4.98 Å². The minimum atomic E-state index is 0.0313. The molecular weight excluding hydrogens is 472 g/mol. The predicted octanol–water partition coefficient (Wildman–Crippen LogP) is 4.72. The smallest absolute Gasteiger partial charge is 0.266 e. The molecule has 1 fully saturated rings. The third-order valence-electron chi connectivity index (χ3n) is 8.01. The molecule has 6 rings (SSSR count). The van der Waals surface area contributed by atoms with Crippen molar-refractivity contribution in [2.75, 3.05) is 38.7 Å². The first kappa shape index (κ1) is 23.6. The van der Waals surface area contributed by atoms with Crippen molar-refractivity contribution in [1.29, 1.82) is 0 Å². The van der Waals surface area contributed by atoms with Crippen LogP contribution >= 0.6 is 11.3 Å². The number of carbonyl (C=O) groups excluding carboxylic acids is 1. The summed E-state index contributed by atoms with van der Waals surface area (Å²) in [4.78, 5) is 24.3. The van der Waals surface area contributed by atoms with Crippen LogP contribution < -0.4 is 15.2 Å². The third-order valence-corrected chi connectivity index (χ3v) is 9.11. The molecule has 3 aliphatic rings. The highest BCUT2D eigenvalue weighted by atomic mass is 32.1. The number of nitrogens with zero attached hydrogens (tertiary/aromatic N) is 3. The van der Waals surface area contributed by atoms with Crippen LogP contribution in [0.15, 0.2) is 24.3 Å². The van der Waals surface area contributed by atoms with Gasteiger partial charge in [0.05, 0.1) is 5.69 Å². The van der Waals surface area contributed by atoms with Crippen molar-refractivity contribution in [2.24, 2.45) is 11.3 Å². The van der Waals surface area contributed by atoms with E-state index in [0.29, 0.717) is 29.6 Å². The summed E-state index contributed by atoms with van der Waals surface area (Å²) < 4.78 is 10.9. The number of hydrogen-bond donors (Lipinski definition) is 1. The van der Waals surface area contributed by atoms with Crippen LogP contribution in [0.4, 0.5) is 5.69 Å². The molecule has 7 nitrogen and oxygen atoms in total. The van der Waals surface area contributed by atoms with E-state index in [1.807, 2.05) is 17.0 Å². The van der Waals surface area contributed by atoms with Gasteiger partial charge in [0.25, 0.3) is 5.91 Å². The summed E-state index contributed by atoms with van der Waals surface area (Å²) in [6, 6.07) is 8.31. The fourth-order valence-electron chi connectivity index (χ4n) is 5.64. The Morgan fingerprint density at radius 3 is 2.69 bits per heavy atom. The molecule has 0 radical (unpaired) electrons. The topological polar surface area (TPSA) is 80.9 Å². The molecular formula is C28H34N4O3S. The second-order valence-electron chi connectivity index (χ2n) is 11.4. The Morgan fingerprint density at radius 1 is 1.14 bits per heavy atom. The maximum atomic E-state index is 13.5. The number of fused-ring (bicyclic) bond motifs is 3. The van der Waals surface area contributed by atoms with E-state index in [9.17, 15) is 4.79 Å². The number of benzene rings is 1. The molecule has 1 atom stereocenters. The van der Waals surface area contributed by atoms with Crippen LogP contribution in [0.1, 0.15) is 53.7 Å². The summed E-state index contributed by atoms with van der Waals surface area (Å²) in [7, 11) is 0. The van der Waals surface area contributed by atoms with Gasteiger partial charge in [-0.2, -0.15) is 0 Å². The zero-order valence-corrected chi connectivity index (χ0v) is 22.1. The van der Waals surface area contributed by atoms with Gasteiger partial charge in [-0.05, 0) is 59.9 Å². The molecule has 4 heterocycles. The highest BCUT2D eigenvalue weighted by Crippen LogP contribution is 2.41. The van der Waals surface area contributed by atoms with Crippen LogP contribution in [0.3, 0.4) is 0 Å². The highest BCUT2D eigenvalue weighted by Gasteiger charge is 2.31. The number of piperazine rings is 1. The number of carbonyl (C=O) groups is 1. The molecule has 1 aliphatic carbocycles. The van der Waals surface area contributed by atoms with Gasteiger partial charge >= 0.3 is 0 Å². The van der Waals surface area contributed by atoms with E-state index < -0.39 is 0 Å². The zero-order valence-electron chi connectivity index (χ0n) is 21.3. The molecule has 190 valence electrons. The lowest BCUT2D eigenvalue weighted by Gasteiger charge is -2.34. The molecule has 1 unspecified atom stereocenters. The van der Waals surface area contributed by atoms with Gasteiger partial charge in [-0.1, -0.05) is 26.8 Å². The fraction of sp³-hybridized carbons (Fsp3) is 0.500. The number of hydrogen-bond acceptors (Lipinski definition) is 7. The largest absolute Gasteiger partial charge is 0.454 e. The van der Waals surface area contributed by atoms with Crippen molar-refractivity contribution < 1.29 is 14.3 Å². The van der Waals surface area contributed by atoms with Gasteiger partial charge in [0, 0.05) is 43.8 Å². The Labute approximate surface area is 216 Å². The SMILES string of the molecule is CC(C)(C)C1CCc2nc3sc(C(=O)N4CCN(Cc5ccc6c(c5)OCO6)CC4)c(N)c3cc2C1. The maximum absolute atomic E-state index is 13.5. The normalized spacial score (nSPS) is 20.1. The van der Waals surface area contributed by atoms with Crippen LogP contribution in [0.5, 0.6) is 11.5 Å². The van der Waals surface area contributed by atoms with Gasteiger partial charge < -0.3 is 20.1 Å². The van der Waals surface area contributed by atoms with E-state index in [1.165, 1.54) is 28.2 Å². The average Bonchev–Trinajstić information content (AvgIpc) is 3.45. The number of pyridine rings is 1. The van der Waals surface area contributed by atoms with Crippen molar-refractivity contribution in [3.8, 4) is 11.5 Å². The van der Waals surface area contributed by atoms with E-state index in [2.05, 4.69) is 37.8 Å². The number of ether oxygens (including phenoxy) is 2. The molecule has 1 aromatic carbocycles. The average molecular weight is 507 g/mol. The summed E-state index contributed by atoms with van der Waals surface area (Å²) >= 11 is 1.45. The molecule has 8 heteroatoms. The van der Waals surface area contributed by atoms with Gasteiger partial charge in [-0.3, -0.25) is 9.69 Å². The standard InChI is InChI=1S/C28H34N4O3S/c1-28(2,3)19-5-6-21-18(13-19)14-20-24(29)25(36-26(20)30-21)27(33)32-10-8-31(9-11-32)15-17-4-7-22-23(12-17)35-16-34-22/h4,7,12,14,19H,5-6,8-11,13,15-16,29H2,1-3H3. The molecule has 2 N–H and O–H groups in total. The Kier molecular flexibility index (Phi) is 5.84. The lowest BCUT2D eigenvalue weighted by molar-refractivity contribution is 0.0634. The van der Waals surface area contributed by atoms with Crippen LogP contribution in [0.2, 0.25) is 0 Å². The summed E-state index contributed by atoms with van der Waals surface area (Å²) in [6.45, 7) is 11.1. The van der Waals surface area contributed by atoms with Gasteiger partial charge in [0.2, 0.25) is 6.79 Å². The predicted molar refractivity (Wildman–Crippen MR) is 143 cm³/mol. The lowest BCUT2D eigenvalue weighted by Crippen LogP contribution is -2.48. The first-order valence-corrected chi connectivity index (χ1v) is 13.7. The van der Waals surface area contributed by atoms with Gasteiger partial charge in [0.1, 0.15) is 9.71 Å². The van der Waals surface area contributed by atoms with Crippen LogP contribution in [-0.4, -0.2) is 53.7 Å². The third kappa shape index (κ3) is 4.30. The molecule has 0 spiro atoms. The second kappa shape index (κ2) is 8.92. The first-order chi connectivity index (χ1) is 17.3. The van der Waals surface area contributed by atoms with Crippen LogP contribution in [-0.2, 0) is 19.4 Å². The molecule has 1 saturated heterocycles. The fourth-order valence-corrected chi connectivity index (χ4v) is 6.70. The first-order valence-electron chi connectivity index (χ1n) is 12.9. The summed E-state index contributed by atoms with van der Waals surface area (Å²) in [6.07, 6.45) is 3.20. The molecule has 2 aromatic heterocycles. The van der Waals surface area contributed by atoms with Gasteiger partial charge in [-0.15, -0.1) is 11.3 Å². The molecule has 2 aliphatic heterocycles. The number of aromatic nitrogens is 1. The molecule has 0 saturated carbocycles. The Balaban J connectivity index is 1.14. The van der Waals surface area contributed by atoms with Crippen molar-refractivity contribution in [3.63, 3.8) is 0 Å². The van der Waals surface area contributed by atoms with E-state index in [4.69, 9.17) is 20.2 Å². The quantitative estimate of drug-likeness (QED) is 0.554. The van der Waals surface area contributed by atoms with Crippen molar-refractivity contribution in [3.05, 3.63) is 46.0 Å². The summed E-state index contributed by atoms with van der Waals surface area (Å²) in [5.41, 5.74) is 11.1. The Morgan fingerprint density at radius 2 is 1.92 bits per heavy atom. The van der Waals surface area contributed by atoms with Crippen molar-refractivity contribution in [1.82, 2.24) is 14.8 Å². The highest BCUT2D eigenvalue weighted by molar-refractivity contribution is 7.21. The number of rotatable bonds is 3. The van der Waals surface area contributed by atoms with Crippen LogP contribution in [0.25, 0.3) is 10.2 Å². The number of thiophene rings is 1. The number of anilines is 1. The van der Waals surface area contributed by atoms with E-state index >= 15 is 0 Å². The molecule has 0 bridgehead atoms. The van der Waals surface area contributed by atoms with Crippen molar-refractivity contribution >= 4 is 33.1 Å². The minimum Gasteiger partial charge on any atom is -0.454 e. The zero-order chi connectivity index (χ0) is 25.0. The number of aryl methyl sites for hydroxylation is 1. The van der Waals surface area contributed by atoms with Crippen molar-refractivity contribution in [2.45, 2.75) is 46.6 Å². The number of nitrogens with two attached hydrogens (primary N) is 1. The van der Waals surface area contributed by atoms with E-state index in [0.717, 1.165) is 60.6 Å². The minimum absolute atomic E-state index is 0.0313. The van der Waals surface area contributed by atoms with E-state index in [1.54, 1.807) is 0 Å². The molecule has 3 aromatic rings. The maximum Gasteiger partial charge on any atom is 0.266 e. The number of nitrogen functional groups attached to an aromatic ring is 1. The second-order valence-corrected chi connectivity index (χ2v) is 12.4. The molecule has 1 amide bonds. The van der Waals surface area contributed by atoms with Gasteiger partial charge in [0.15, 0.2) is 11.5 Å². The van der Waals surface area contributed by atoms with E-state index in [-0.39, 0.29) is 18.1 Å².